The molecule has 0 aromatic carbocycles. The van der Waals surface area contributed by atoms with Crippen molar-refractivity contribution in [1.82, 2.24) is 8.61 Å². The van der Waals surface area contributed by atoms with Gasteiger partial charge in [-0.3, -0.25) is 0 Å². The zero-order valence-electron chi connectivity index (χ0n) is 11.7. The molecule has 0 aliphatic rings. The molecule has 0 bridgehead atoms. The van der Waals surface area contributed by atoms with Crippen LogP contribution in [-0.2, 0) is 10.2 Å². The number of rotatable bonds is 8. The smallest absolute Gasteiger partial charge is 0.281 e. The van der Waals surface area contributed by atoms with E-state index in [4.69, 9.17) is 5.73 Å². The van der Waals surface area contributed by atoms with Crippen LogP contribution in [0.2, 0.25) is 0 Å². The van der Waals surface area contributed by atoms with E-state index in [1.165, 1.54) is 8.61 Å². The minimum atomic E-state index is -3.36. The van der Waals surface area contributed by atoms with Crippen LogP contribution in [0.4, 0.5) is 0 Å². The van der Waals surface area contributed by atoms with E-state index in [9.17, 15) is 8.42 Å². The van der Waals surface area contributed by atoms with E-state index in [1.807, 2.05) is 27.7 Å². The van der Waals surface area contributed by atoms with Crippen molar-refractivity contribution in [2.75, 3.05) is 26.7 Å². The SMILES string of the molecule is CC(C)CN(CCCN)S(=O)(=O)N(C)C(C)C. The lowest BCUT2D eigenvalue weighted by Gasteiger charge is -2.30. The van der Waals surface area contributed by atoms with E-state index in [2.05, 4.69) is 0 Å². The van der Waals surface area contributed by atoms with Gasteiger partial charge < -0.3 is 5.73 Å². The van der Waals surface area contributed by atoms with Crippen LogP contribution in [0.5, 0.6) is 0 Å². The van der Waals surface area contributed by atoms with E-state index in [0.717, 1.165) is 0 Å². The average Bonchev–Trinajstić information content (AvgIpc) is 2.22. The van der Waals surface area contributed by atoms with E-state index in [-0.39, 0.29) is 6.04 Å². The summed E-state index contributed by atoms with van der Waals surface area (Å²) in [6.07, 6.45) is 0.692. The maximum Gasteiger partial charge on any atom is 0.281 e. The van der Waals surface area contributed by atoms with Crippen LogP contribution in [-0.4, -0.2) is 49.8 Å². The second-order valence-corrected chi connectivity index (χ2v) is 7.00. The lowest BCUT2D eigenvalue weighted by atomic mass is 10.2. The highest BCUT2D eigenvalue weighted by atomic mass is 32.2. The Morgan fingerprint density at radius 3 is 2.06 bits per heavy atom. The minimum absolute atomic E-state index is 0.0347. The molecule has 0 saturated carbocycles. The van der Waals surface area contributed by atoms with Gasteiger partial charge in [-0.25, -0.2) is 0 Å². The monoisotopic (exact) mass is 265 g/mol. The third-order valence-electron chi connectivity index (χ3n) is 2.60. The molecule has 2 N–H and O–H groups in total. The molecule has 0 aromatic rings. The minimum Gasteiger partial charge on any atom is -0.330 e. The molecule has 0 radical (unpaired) electrons. The normalized spacial score (nSPS) is 13.3. The summed E-state index contributed by atoms with van der Waals surface area (Å²) < 4.78 is 27.6. The van der Waals surface area contributed by atoms with Crippen molar-refractivity contribution in [1.29, 1.82) is 0 Å². The van der Waals surface area contributed by atoms with Crippen molar-refractivity contribution in [3.05, 3.63) is 0 Å². The van der Waals surface area contributed by atoms with Gasteiger partial charge in [0.05, 0.1) is 0 Å². The Bertz CT molecular complexity index is 302. The van der Waals surface area contributed by atoms with Gasteiger partial charge in [-0.05, 0) is 32.7 Å². The second kappa shape index (κ2) is 7.31. The summed E-state index contributed by atoms with van der Waals surface area (Å²) >= 11 is 0. The molecule has 104 valence electrons. The van der Waals surface area contributed by atoms with E-state index < -0.39 is 10.2 Å². The fourth-order valence-corrected chi connectivity index (χ4v) is 3.17. The van der Waals surface area contributed by atoms with Crippen LogP contribution in [0.1, 0.15) is 34.1 Å². The molecule has 0 amide bonds. The van der Waals surface area contributed by atoms with Crippen LogP contribution in [0, 0.1) is 5.92 Å². The van der Waals surface area contributed by atoms with Gasteiger partial charge in [0.15, 0.2) is 0 Å². The van der Waals surface area contributed by atoms with E-state index in [1.54, 1.807) is 7.05 Å². The van der Waals surface area contributed by atoms with E-state index >= 15 is 0 Å². The molecule has 0 spiro atoms. The maximum absolute atomic E-state index is 12.3. The molecular weight excluding hydrogens is 238 g/mol. The zero-order valence-corrected chi connectivity index (χ0v) is 12.5. The molecule has 0 saturated heterocycles. The van der Waals surface area contributed by atoms with Gasteiger partial charge in [0.2, 0.25) is 0 Å². The van der Waals surface area contributed by atoms with Crippen LogP contribution in [0.15, 0.2) is 0 Å². The first kappa shape index (κ1) is 16.8. The van der Waals surface area contributed by atoms with Gasteiger partial charge in [0, 0.05) is 26.2 Å². The Kier molecular flexibility index (Phi) is 7.23. The summed E-state index contributed by atoms with van der Waals surface area (Å²) in [5, 5.41) is 0. The summed E-state index contributed by atoms with van der Waals surface area (Å²) in [5.74, 6) is 0.308. The van der Waals surface area contributed by atoms with Crippen molar-refractivity contribution in [2.24, 2.45) is 11.7 Å². The molecule has 0 unspecified atom stereocenters. The zero-order chi connectivity index (χ0) is 13.6. The number of hydrogen-bond donors (Lipinski definition) is 1. The first-order valence-corrected chi connectivity index (χ1v) is 7.56. The predicted molar refractivity (Wildman–Crippen MR) is 71.9 cm³/mol. The average molecular weight is 265 g/mol. The van der Waals surface area contributed by atoms with Gasteiger partial charge in [-0.1, -0.05) is 13.8 Å². The first-order valence-electron chi connectivity index (χ1n) is 6.16. The lowest BCUT2D eigenvalue weighted by Crippen LogP contribution is -2.46. The van der Waals surface area contributed by atoms with Gasteiger partial charge in [0.25, 0.3) is 10.2 Å². The maximum atomic E-state index is 12.3. The van der Waals surface area contributed by atoms with Crippen molar-refractivity contribution in [3.8, 4) is 0 Å². The number of nitrogens with zero attached hydrogens (tertiary/aromatic N) is 2. The molecule has 0 aliphatic carbocycles. The summed E-state index contributed by atoms with van der Waals surface area (Å²) in [5.41, 5.74) is 5.45. The number of nitrogens with two attached hydrogens (primary N) is 1. The standard InChI is InChI=1S/C11H27N3O2S/c1-10(2)9-14(8-6-7-12)17(15,16)13(5)11(3)4/h10-11H,6-9,12H2,1-5H3. The lowest BCUT2D eigenvalue weighted by molar-refractivity contribution is 0.312. The largest absolute Gasteiger partial charge is 0.330 e. The van der Waals surface area contributed by atoms with Gasteiger partial charge >= 0.3 is 0 Å². The highest BCUT2D eigenvalue weighted by molar-refractivity contribution is 7.86. The summed E-state index contributed by atoms with van der Waals surface area (Å²) in [4.78, 5) is 0. The molecule has 0 aliphatic heterocycles. The van der Waals surface area contributed by atoms with Crippen molar-refractivity contribution < 1.29 is 8.42 Å². The Morgan fingerprint density at radius 2 is 1.71 bits per heavy atom. The fourth-order valence-electron chi connectivity index (χ4n) is 1.42. The Morgan fingerprint density at radius 1 is 1.18 bits per heavy atom. The molecule has 17 heavy (non-hydrogen) atoms. The summed E-state index contributed by atoms with van der Waals surface area (Å²) in [6.45, 7) is 9.31. The molecule has 0 aromatic heterocycles. The molecule has 0 heterocycles. The summed E-state index contributed by atoms with van der Waals surface area (Å²) in [7, 11) is -1.74. The highest BCUT2D eigenvalue weighted by Crippen LogP contribution is 2.12. The number of hydrogen-bond acceptors (Lipinski definition) is 3. The Labute approximate surface area is 106 Å². The van der Waals surface area contributed by atoms with Crippen LogP contribution >= 0.6 is 0 Å². The molecule has 5 nitrogen and oxygen atoms in total. The van der Waals surface area contributed by atoms with Crippen molar-refractivity contribution in [3.63, 3.8) is 0 Å². The highest BCUT2D eigenvalue weighted by Gasteiger charge is 2.28. The topological polar surface area (TPSA) is 66.6 Å². The Hall–Kier alpha value is -0.170. The predicted octanol–water partition coefficient (Wildman–Crippen LogP) is 0.878. The molecule has 0 fully saturated rings. The Balaban J connectivity index is 4.88. The quantitative estimate of drug-likeness (QED) is 0.708. The molecule has 0 atom stereocenters. The second-order valence-electron chi connectivity index (χ2n) is 5.01. The molecular formula is C11H27N3O2S. The summed E-state index contributed by atoms with van der Waals surface area (Å²) in [6, 6.07) is -0.0347. The first-order chi connectivity index (χ1) is 7.73. The van der Waals surface area contributed by atoms with Gasteiger partial charge in [0.1, 0.15) is 0 Å². The molecule has 6 heteroatoms. The molecule has 0 rings (SSSR count). The van der Waals surface area contributed by atoms with Crippen LogP contribution in [0.3, 0.4) is 0 Å². The third-order valence-corrected chi connectivity index (χ3v) is 4.73. The van der Waals surface area contributed by atoms with Crippen LogP contribution < -0.4 is 5.73 Å². The fraction of sp³-hybridized carbons (Fsp3) is 1.00. The van der Waals surface area contributed by atoms with Gasteiger partial charge in [-0.2, -0.15) is 17.0 Å². The van der Waals surface area contributed by atoms with Crippen molar-refractivity contribution >= 4 is 10.2 Å². The van der Waals surface area contributed by atoms with Crippen LogP contribution in [0.25, 0.3) is 0 Å². The van der Waals surface area contributed by atoms with Gasteiger partial charge in [-0.15, -0.1) is 0 Å². The third kappa shape index (κ3) is 5.33. The van der Waals surface area contributed by atoms with Crippen molar-refractivity contribution in [2.45, 2.75) is 40.2 Å². The van der Waals surface area contributed by atoms with E-state index in [0.29, 0.717) is 32.0 Å².